The van der Waals surface area contributed by atoms with Gasteiger partial charge in [0.15, 0.2) is 5.11 Å². The predicted octanol–water partition coefficient (Wildman–Crippen LogP) is 3.63. The van der Waals surface area contributed by atoms with Crippen LogP contribution in [-0.4, -0.2) is 31.3 Å². The zero-order chi connectivity index (χ0) is 19.1. The summed E-state index contributed by atoms with van der Waals surface area (Å²) < 4.78 is 9.45. The smallest absolute Gasteiger partial charge is 0.337 e. The van der Waals surface area contributed by atoms with Crippen LogP contribution in [0.25, 0.3) is 0 Å². The molecule has 0 saturated carbocycles. The molecule has 0 heterocycles. The number of methoxy groups -OCH3 is 2. The Morgan fingerprint density at radius 3 is 2.08 bits per heavy atom. The van der Waals surface area contributed by atoms with Gasteiger partial charge in [-0.15, -0.1) is 0 Å². The fourth-order valence-corrected chi connectivity index (χ4v) is 2.63. The summed E-state index contributed by atoms with van der Waals surface area (Å²) in [5.41, 5.74) is 2.92. The van der Waals surface area contributed by atoms with Gasteiger partial charge in [0.1, 0.15) is 0 Å². The van der Waals surface area contributed by atoms with Crippen molar-refractivity contribution >= 4 is 40.6 Å². The van der Waals surface area contributed by atoms with Gasteiger partial charge in [-0.2, -0.15) is 0 Å². The largest absolute Gasteiger partial charge is 0.465 e. The molecule has 2 aromatic carbocycles. The van der Waals surface area contributed by atoms with Gasteiger partial charge < -0.3 is 20.1 Å². The highest BCUT2D eigenvalue weighted by molar-refractivity contribution is 7.80. The minimum absolute atomic E-state index is 0.217. The quantitative estimate of drug-likeness (QED) is 0.613. The summed E-state index contributed by atoms with van der Waals surface area (Å²) in [4.78, 5) is 23.7. The predicted molar refractivity (Wildman–Crippen MR) is 105 cm³/mol. The highest BCUT2D eigenvalue weighted by Crippen LogP contribution is 2.19. The standard InChI is InChI=1S/C19H20N2O4S/c1-4-12-7-5-6-8-16(12)21-19(26)20-15-10-13(17(22)24-2)9-14(11-15)18(23)25-3/h5-11H,4H2,1-3H3,(H2,20,21,26). The molecule has 0 aliphatic carbocycles. The van der Waals surface area contributed by atoms with E-state index in [9.17, 15) is 9.59 Å². The number of ether oxygens (including phenoxy) is 2. The molecule has 0 spiro atoms. The second-order valence-electron chi connectivity index (χ2n) is 5.37. The minimum atomic E-state index is -0.561. The molecule has 2 aromatic rings. The maximum atomic E-state index is 11.8. The fraction of sp³-hybridized carbons (Fsp3) is 0.211. The minimum Gasteiger partial charge on any atom is -0.465 e. The van der Waals surface area contributed by atoms with Crippen LogP contribution in [0.4, 0.5) is 11.4 Å². The Bertz CT molecular complexity index is 802. The first-order valence-corrected chi connectivity index (χ1v) is 8.37. The first-order chi connectivity index (χ1) is 12.5. The molecule has 0 amide bonds. The van der Waals surface area contributed by atoms with E-state index in [-0.39, 0.29) is 11.1 Å². The highest BCUT2D eigenvalue weighted by atomic mass is 32.1. The van der Waals surface area contributed by atoms with Crippen molar-refractivity contribution in [1.82, 2.24) is 0 Å². The summed E-state index contributed by atoms with van der Waals surface area (Å²) in [7, 11) is 2.54. The molecule has 0 saturated heterocycles. The number of thiocarbonyl (C=S) groups is 1. The third-order valence-electron chi connectivity index (χ3n) is 3.68. The van der Waals surface area contributed by atoms with E-state index in [2.05, 4.69) is 17.6 Å². The van der Waals surface area contributed by atoms with Gasteiger partial charge in [0.2, 0.25) is 0 Å². The van der Waals surface area contributed by atoms with E-state index < -0.39 is 11.9 Å². The zero-order valence-electron chi connectivity index (χ0n) is 14.8. The van der Waals surface area contributed by atoms with Gasteiger partial charge in [-0.1, -0.05) is 25.1 Å². The number of hydrogen-bond donors (Lipinski definition) is 2. The van der Waals surface area contributed by atoms with Crippen LogP contribution in [0.3, 0.4) is 0 Å². The van der Waals surface area contributed by atoms with Gasteiger partial charge in [-0.05, 0) is 48.5 Å². The third-order valence-corrected chi connectivity index (χ3v) is 3.88. The molecule has 0 aromatic heterocycles. The van der Waals surface area contributed by atoms with Gasteiger partial charge in [0, 0.05) is 11.4 Å². The summed E-state index contributed by atoms with van der Waals surface area (Å²) >= 11 is 5.35. The van der Waals surface area contributed by atoms with Crippen molar-refractivity contribution in [1.29, 1.82) is 0 Å². The number of anilines is 2. The molecule has 0 unspecified atom stereocenters. The number of benzene rings is 2. The number of nitrogens with one attached hydrogen (secondary N) is 2. The van der Waals surface area contributed by atoms with Gasteiger partial charge in [-0.25, -0.2) is 9.59 Å². The Morgan fingerprint density at radius 2 is 1.54 bits per heavy atom. The Morgan fingerprint density at radius 1 is 0.962 bits per heavy atom. The second-order valence-corrected chi connectivity index (χ2v) is 5.78. The van der Waals surface area contributed by atoms with Crippen molar-refractivity contribution in [3.05, 3.63) is 59.2 Å². The van der Waals surface area contributed by atoms with Crippen molar-refractivity contribution in [3.63, 3.8) is 0 Å². The highest BCUT2D eigenvalue weighted by Gasteiger charge is 2.14. The molecule has 0 bridgehead atoms. The first kappa shape index (κ1) is 19.4. The topological polar surface area (TPSA) is 76.7 Å². The third kappa shape index (κ3) is 4.80. The van der Waals surface area contributed by atoms with Crippen molar-refractivity contribution in [3.8, 4) is 0 Å². The van der Waals surface area contributed by atoms with E-state index >= 15 is 0 Å². The summed E-state index contributed by atoms with van der Waals surface area (Å²) in [6, 6.07) is 12.3. The van der Waals surface area contributed by atoms with E-state index in [1.807, 2.05) is 24.3 Å². The number of para-hydroxylation sites is 1. The number of hydrogen-bond acceptors (Lipinski definition) is 5. The zero-order valence-corrected chi connectivity index (χ0v) is 15.6. The normalized spacial score (nSPS) is 9.96. The number of carbonyl (C=O) groups is 2. The molecule has 7 heteroatoms. The summed E-state index contributed by atoms with van der Waals surface area (Å²) in [5.74, 6) is -1.12. The van der Waals surface area contributed by atoms with E-state index in [4.69, 9.17) is 21.7 Å². The molecular weight excluding hydrogens is 352 g/mol. The molecule has 2 rings (SSSR count). The molecule has 136 valence electrons. The maximum absolute atomic E-state index is 11.8. The van der Waals surface area contributed by atoms with Gasteiger partial charge in [-0.3, -0.25) is 0 Å². The average Bonchev–Trinajstić information content (AvgIpc) is 2.66. The average molecular weight is 372 g/mol. The van der Waals surface area contributed by atoms with E-state index in [1.54, 1.807) is 12.1 Å². The van der Waals surface area contributed by atoms with Crippen LogP contribution >= 0.6 is 12.2 Å². The van der Waals surface area contributed by atoms with Crippen molar-refractivity contribution < 1.29 is 19.1 Å². The number of rotatable bonds is 5. The summed E-state index contributed by atoms with van der Waals surface area (Å²) in [6.07, 6.45) is 0.857. The molecular formula is C19H20N2O4S. The lowest BCUT2D eigenvalue weighted by atomic mass is 10.1. The lowest BCUT2D eigenvalue weighted by molar-refractivity contribution is 0.0599. The molecule has 0 atom stereocenters. The number of esters is 2. The summed E-state index contributed by atoms with van der Waals surface area (Å²) in [5, 5.41) is 6.45. The van der Waals surface area contributed by atoms with Crippen LogP contribution in [0, 0.1) is 0 Å². The lowest BCUT2D eigenvalue weighted by Gasteiger charge is -2.14. The van der Waals surface area contributed by atoms with Crippen LogP contribution in [0.5, 0.6) is 0 Å². The van der Waals surface area contributed by atoms with Crippen molar-refractivity contribution in [2.75, 3.05) is 24.9 Å². The maximum Gasteiger partial charge on any atom is 0.337 e. The first-order valence-electron chi connectivity index (χ1n) is 7.96. The van der Waals surface area contributed by atoms with E-state index in [0.29, 0.717) is 10.8 Å². The number of carbonyl (C=O) groups excluding carboxylic acids is 2. The Kier molecular flexibility index (Phi) is 6.68. The van der Waals surface area contributed by atoms with Gasteiger partial charge in [0.25, 0.3) is 0 Å². The van der Waals surface area contributed by atoms with E-state index in [0.717, 1.165) is 17.7 Å². The van der Waals surface area contributed by atoms with Crippen LogP contribution in [0.1, 0.15) is 33.2 Å². The summed E-state index contributed by atoms with van der Waals surface area (Å²) in [6.45, 7) is 2.06. The second kappa shape index (κ2) is 8.96. The monoisotopic (exact) mass is 372 g/mol. The molecule has 0 aliphatic heterocycles. The van der Waals surface area contributed by atoms with Crippen LogP contribution < -0.4 is 10.6 Å². The Hall–Kier alpha value is -2.93. The lowest BCUT2D eigenvalue weighted by Crippen LogP contribution is -2.20. The Labute approximate surface area is 157 Å². The molecule has 0 aliphatic rings. The van der Waals surface area contributed by atoms with Crippen LogP contribution in [0.15, 0.2) is 42.5 Å². The van der Waals surface area contributed by atoms with Gasteiger partial charge in [0.05, 0.1) is 25.3 Å². The Balaban J connectivity index is 2.25. The van der Waals surface area contributed by atoms with Crippen molar-refractivity contribution in [2.45, 2.75) is 13.3 Å². The molecule has 6 nitrogen and oxygen atoms in total. The van der Waals surface area contributed by atoms with Crippen molar-refractivity contribution in [2.24, 2.45) is 0 Å². The molecule has 2 N–H and O–H groups in total. The van der Waals surface area contributed by atoms with Crippen LogP contribution in [0.2, 0.25) is 0 Å². The molecule has 26 heavy (non-hydrogen) atoms. The fourth-order valence-electron chi connectivity index (χ4n) is 2.41. The number of aryl methyl sites for hydroxylation is 1. The van der Waals surface area contributed by atoms with Crippen LogP contribution in [-0.2, 0) is 15.9 Å². The van der Waals surface area contributed by atoms with Gasteiger partial charge >= 0.3 is 11.9 Å². The molecule has 0 fully saturated rings. The molecule has 0 radical (unpaired) electrons. The van der Waals surface area contributed by atoms with E-state index in [1.165, 1.54) is 20.3 Å². The SMILES string of the molecule is CCc1ccccc1NC(=S)Nc1cc(C(=O)OC)cc(C(=O)OC)c1.